The lowest BCUT2D eigenvalue weighted by atomic mass is 9.93. The number of hydrogen-bond acceptors (Lipinski definition) is 17. The Hall–Kier alpha value is -6.29. The summed E-state index contributed by atoms with van der Waals surface area (Å²) in [6.07, 6.45) is -0.305. The molecule has 0 amide bonds. The molecule has 4 aromatic rings. The third-order valence-corrected chi connectivity index (χ3v) is 25.3. The zero-order valence-corrected chi connectivity index (χ0v) is 46.3. The van der Waals surface area contributed by atoms with E-state index in [4.69, 9.17) is 9.15 Å². The summed E-state index contributed by atoms with van der Waals surface area (Å²) >= 11 is 0. The lowest BCUT2D eigenvalue weighted by Crippen LogP contribution is -2.49. The third kappa shape index (κ3) is 11.8. The van der Waals surface area contributed by atoms with Gasteiger partial charge in [0, 0.05) is 64.2 Å². The van der Waals surface area contributed by atoms with Gasteiger partial charge >= 0.3 is 27.4 Å². The normalized spacial score (nSPS) is 15.2. The summed E-state index contributed by atoms with van der Waals surface area (Å²) in [6.45, 7) is 9.99. The topological polar surface area (TPSA) is 284 Å². The van der Waals surface area contributed by atoms with Gasteiger partial charge < -0.3 is 14.5 Å². The minimum atomic E-state index is -7.63. The lowest BCUT2D eigenvalue weighted by Gasteiger charge is -2.31. The van der Waals surface area contributed by atoms with Gasteiger partial charge in [0.2, 0.25) is 19.9 Å². The Morgan fingerprint density at radius 1 is 0.734 bits per heavy atom. The van der Waals surface area contributed by atoms with Gasteiger partial charge in [0.1, 0.15) is 17.4 Å². The first-order chi connectivity index (χ1) is 36.2. The molecule has 2 aliphatic heterocycles. The summed E-state index contributed by atoms with van der Waals surface area (Å²) in [7, 11) is -36.9. The highest BCUT2D eigenvalue weighted by molar-refractivity contribution is 8.24. The molecule has 0 saturated carbocycles. The predicted molar refractivity (Wildman–Crippen MR) is 273 cm³/mol. The predicted octanol–water partition coefficient (Wildman–Crippen LogP) is 8.11. The minimum Gasteiger partial charge on any atom is -0.459 e. The Morgan fingerprint density at radius 2 is 1.32 bits per heavy atom. The molecule has 0 radical (unpaired) electrons. The van der Waals surface area contributed by atoms with E-state index < -0.39 is 96.8 Å². The van der Waals surface area contributed by atoms with Crippen molar-refractivity contribution in [1.29, 1.82) is 0 Å². The first-order valence-corrected chi connectivity index (χ1v) is 31.5. The van der Waals surface area contributed by atoms with Crippen molar-refractivity contribution in [3.8, 4) is 22.5 Å². The molecule has 79 heavy (non-hydrogen) atoms. The fourth-order valence-corrected chi connectivity index (χ4v) is 19.8. The van der Waals surface area contributed by atoms with Crippen molar-refractivity contribution in [2.75, 3.05) is 18.4 Å². The van der Waals surface area contributed by atoms with Crippen LogP contribution in [0.15, 0.2) is 121 Å². The van der Waals surface area contributed by atoms with Crippen molar-refractivity contribution in [2.24, 2.45) is 4.99 Å². The molecule has 0 atom stereocenters. The molecule has 4 aromatic carbocycles. The van der Waals surface area contributed by atoms with Crippen molar-refractivity contribution in [3.63, 3.8) is 0 Å². The maximum absolute atomic E-state index is 14.7. The summed E-state index contributed by atoms with van der Waals surface area (Å²) in [5.41, 5.74) is -13.0. The minimum absolute atomic E-state index is 0.00314. The number of sulfonamides is 2. The fourth-order valence-electron chi connectivity index (χ4n) is 8.64. The number of alkyl halides is 6. The Morgan fingerprint density at radius 3 is 1.87 bits per heavy atom. The Kier molecular flexibility index (Phi) is 16.0. The standard InChI is InChI=1S/C47H43F7N4O15S6/c1-25(2)44(59)72-32-17-19-58(20-18-32)78(68,69)40-10-8-7-9-36(40)41-34-14-12-30(55-42-27(4)21-33(22-28(42)5)74(60,61)45(75(62,63)46(48,49)50)76(64,65)47(51,52)53)23-37(34)73-38-24-31(13-15-35(38)41)56-43-26(3)11-16-39(29(43)6)77(66,67)57-79(54,70)71/h7-16,21-24,32,45,55,57H,1,17-20H2,2-6H3/b56-31+. The summed E-state index contributed by atoms with van der Waals surface area (Å²) in [5.74, 6) is -0.641. The number of halogens is 7. The largest absolute Gasteiger partial charge is 0.499 e. The van der Waals surface area contributed by atoms with E-state index in [-0.39, 0.29) is 109 Å². The molecule has 2 N–H and O–H groups in total. The molecular weight excluding hydrogens is 1190 g/mol. The number of nitrogens with one attached hydrogen (secondary N) is 2. The number of sulfone groups is 3. The number of benzene rings is 5. The summed E-state index contributed by atoms with van der Waals surface area (Å²) < 4.78 is 259. The molecule has 19 nitrogen and oxygen atoms in total. The number of rotatable bonds is 15. The first-order valence-electron chi connectivity index (χ1n) is 22.5. The van der Waals surface area contributed by atoms with Crippen molar-refractivity contribution < 1.29 is 94.7 Å². The van der Waals surface area contributed by atoms with Crippen molar-refractivity contribution in [2.45, 2.75) is 83.2 Å². The molecule has 0 aromatic heterocycles. The van der Waals surface area contributed by atoms with Gasteiger partial charge in [0.25, 0.3) is 33.6 Å². The van der Waals surface area contributed by atoms with Crippen LogP contribution in [0.3, 0.4) is 0 Å². The van der Waals surface area contributed by atoms with E-state index >= 15 is 0 Å². The van der Waals surface area contributed by atoms with Gasteiger partial charge in [-0.2, -0.15) is 39.1 Å². The van der Waals surface area contributed by atoms with Gasteiger partial charge in [-0.3, -0.25) is 0 Å². The zero-order valence-electron chi connectivity index (χ0n) is 41.4. The number of anilines is 2. The molecular formula is C47H43F7N4O15S6. The van der Waals surface area contributed by atoms with Crippen LogP contribution in [0.5, 0.6) is 0 Å². The maximum Gasteiger partial charge on any atom is 0.499 e. The van der Waals surface area contributed by atoms with E-state index in [1.165, 1.54) is 78.8 Å². The zero-order chi connectivity index (χ0) is 59.0. The lowest BCUT2D eigenvalue weighted by molar-refractivity contribution is -0.145. The van der Waals surface area contributed by atoms with Crippen LogP contribution in [0.1, 0.15) is 42.0 Å². The molecule has 1 saturated heterocycles. The number of carbonyl (C=O) groups excluding carboxylic acids is 1. The van der Waals surface area contributed by atoms with Gasteiger partial charge in [0.05, 0.1) is 25.7 Å². The van der Waals surface area contributed by atoms with Crippen LogP contribution in [0, 0.1) is 27.7 Å². The highest BCUT2D eigenvalue weighted by atomic mass is 32.3. The van der Waals surface area contributed by atoms with Gasteiger partial charge in [-0.25, -0.2) is 51.9 Å². The van der Waals surface area contributed by atoms with Gasteiger partial charge in [0.15, 0.2) is 0 Å². The number of fused-ring (bicyclic) bond motifs is 2. The number of aryl methyl sites for hydroxylation is 3. The molecule has 1 aliphatic carbocycles. The van der Waals surface area contributed by atoms with Crippen LogP contribution in [0.2, 0.25) is 0 Å². The van der Waals surface area contributed by atoms with Crippen molar-refractivity contribution in [1.82, 2.24) is 8.43 Å². The van der Waals surface area contributed by atoms with E-state index in [9.17, 15) is 85.5 Å². The van der Waals surface area contributed by atoms with Crippen LogP contribution in [0.25, 0.3) is 33.4 Å². The van der Waals surface area contributed by atoms with E-state index in [1.54, 1.807) is 13.0 Å². The smallest absolute Gasteiger partial charge is 0.459 e. The molecule has 0 unspecified atom stereocenters. The molecule has 0 bridgehead atoms. The average molecular weight is 1230 g/mol. The highest BCUT2D eigenvalue weighted by Gasteiger charge is 2.68. The second-order valence-corrected chi connectivity index (χ2v) is 29.9. The molecule has 0 spiro atoms. The monoisotopic (exact) mass is 1230 g/mol. The Bertz CT molecular complexity index is 4210. The number of esters is 1. The molecule has 426 valence electrons. The third-order valence-electron chi connectivity index (χ3n) is 12.3. The van der Waals surface area contributed by atoms with Crippen LogP contribution < -0.4 is 14.8 Å². The Labute approximate surface area is 448 Å². The van der Waals surface area contributed by atoms with Gasteiger partial charge in [-0.05, 0) is 118 Å². The average Bonchev–Trinajstić information content (AvgIpc) is 3.32. The van der Waals surface area contributed by atoms with Crippen LogP contribution >= 0.6 is 0 Å². The summed E-state index contributed by atoms with van der Waals surface area (Å²) in [6, 6.07) is 17.8. The van der Waals surface area contributed by atoms with Crippen LogP contribution in [0.4, 0.5) is 47.3 Å². The van der Waals surface area contributed by atoms with Crippen LogP contribution in [-0.2, 0) is 69.5 Å². The highest BCUT2D eigenvalue weighted by Crippen LogP contribution is 2.45. The number of hydrogen-bond donors (Lipinski definition) is 2. The summed E-state index contributed by atoms with van der Waals surface area (Å²) in [5, 5.41) is 3.24. The number of carbonyl (C=O) groups is 1. The van der Waals surface area contributed by atoms with E-state index in [2.05, 4.69) is 16.9 Å². The maximum atomic E-state index is 14.7. The van der Waals surface area contributed by atoms with E-state index in [0.29, 0.717) is 17.7 Å². The molecule has 7 rings (SSSR count). The van der Waals surface area contributed by atoms with Crippen LogP contribution in [-0.4, -0.2) is 94.9 Å². The van der Waals surface area contributed by atoms with Gasteiger partial charge in [-0.15, -0.1) is 0 Å². The second kappa shape index (κ2) is 21.0. The number of nitrogens with zero attached hydrogens (tertiary/aromatic N) is 2. The summed E-state index contributed by atoms with van der Waals surface area (Å²) in [4.78, 5) is 14.5. The van der Waals surface area contributed by atoms with E-state index in [1.807, 2.05) is 0 Å². The first kappa shape index (κ1) is 60.4. The number of piperidine rings is 1. The second-order valence-electron chi connectivity index (χ2n) is 18.0. The molecule has 3 aliphatic rings. The van der Waals surface area contributed by atoms with Crippen molar-refractivity contribution >= 4 is 94.0 Å². The quantitative estimate of drug-likeness (QED) is 0.0323. The molecule has 32 heteroatoms. The van der Waals surface area contributed by atoms with Gasteiger partial charge in [-0.1, -0.05) is 38.9 Å². The van der Waals surface area contributed by atoms with Crippen molar-refractivity contribution in [3.05, 3.63) is 125 Å². The molecule has 1 fully saturated rings. The molecule has 2 heterocycles. The SMILES string of the molecule is C=C(C)C(=O)OC1CCN(S(=O)(=O)c2ccccc2-c2c3cc/c(=N\c4c(C)ccc(S(=O)(=O)NS(=O)(=O)F)c4C)cc-3oc3cc(Nc4c(C)cc(S(=O)(=O)C(S(=O)(=O)C(F)(F)F)S(=O)(=O)C(F)(F)F)cc4C)ccc23)CC1. The number of ether oxygens (including phenoxy) is 1. The Balaban J connectivity index is 1.40. The van der Waals surface area contributed by atoms with E-state index in [0.717, 1.165) is 24.0 Å². The fraction of sp³-hybridized carbons (Fsp3) is 0.277.